The van der Waals surface area contributed by atoms with Crippen LogP contribution in [0.25, 0.3) is 11.0 Å². The highest BCUT2D eigenvalue weighted by atomic mass is 16.2. The molecule has 0 radical (unpaired) electrons. The summed E-state index contributed by atoms with van der Waals surface area (Å²) in [5.74, 6) is -0.223. The molecule has 3 N–H and O–H groups in total. The lowest BCUT2D eigenvalue weighted by atomic mass is 9.91. The van der Waals surface area contributed by atoms with Crippen molar-refractivity contribution in [1.29, 1.82) is 5.41 Å². The minimum atomic E-state index is -0.361. The fourth-order valence-electron chi connectivity index (χ4n) is 3.25. The number of aromatic nitrogens is 2. The van der Waals surface area contributed by atoms with Crippen LogP contribution in [-0.2, 0) is 12.8 Å². The van der Waals surface area contributed by atoms with Gasteiger partial charge in [-0.25, -0.2) is 14.8 Å². The van der Waals surface area contributed by atoms with Crippen LogP contribution in [0.5, 0.6) is 0 Å². The first-order chi connectivity index (χ1) is 13.5. The van der Waals surface area contributed by atoms with Gasteiger partial charge in [-0.05, 0) is 49.9 Å². The summed E-state index contributed by atoms with van der Waals surface area (Å²) in [5.41, 5.74) is 4.19. The first-order valence-corrected chi connectivity index (χ1v) is 9.37. The molecule has 28 heavy (non-hydrogen) atoms. The van der Waals surface area contributed by atoms with Gasteiger partial charge in [-0.3, -0.25) is 0 Å². The number of benzene rings is 1. The molecule has 0 aliphatic heterocycles. The minimum absolute atomic E-state index is 0.223. The van der Waals surface area contributed by atoms with E-state index in [4.69, 9.17) is 5.41 Å². The Morgan fingerprint density at radius 3 is 2.75 bits per heavy atom. The Morgan fingerprint density at radius 1 is 1.21 bits per heavy atom. The molecule has 2 amide bonds. The topological polar surface area (TPSA) is 94.0 Å². The first kappa shape index (κ1) is 19.5. The van der Waals surface area contributed by atoms with Gasteiger partial charge in [0.2, 0.25) is 0 Å². The van der Waals surface area contributed by atoms with Crippen LogP contribution in [0.15, 0.2) is 59.9 Å². The number of nitrogens with zero attached hydrogens (tertiary/aromatic N) is 2. The van der Waals surface area contributed by atoms with Crippen LogP contribution in [0.3, 0.4) is 0 Å². The lowest BCUT2D eigenvalue weighted by Gasteiger charge is -2.15. The molecule has 2 heterocycles. The van der Waals surface area contributed by atoms with Crippen LogP contribution in [0.1, 0.15) is 25.0 Å². The van der Waals surface area contributed by atoms with Gasteiger partial charge < -0.3 is 15.7 Å². The molecule has 1 aromatic carbocycles. The molecule has 1 atom stereocenters. The second-order valence-corrected chi connectivity index (χ2v) is 6.87. The number of hydrogen-bond acceptors (Lipinski definition) is 3. The van der Waals surface area contributed by atoms with Gasteiger partial charge in [0, 0.05) is 41.7 Å². The van der Waals surface area contributed by atoms with Crippen LogP contribution in [-0.4, -0.2) is 34.0 Å². The number of H-pyrrole nitrogens is 1. The monoisotopic (exact) mass is 375 g/mol. The molecule has 0 saturated carbocycles. The lowest BCUT2D eigenvalue weighted by molar-refractivity contribution is 0.249. The van der Waals surface area contributed by atoms with Crippen LogP contribution in [0.2, 0.25) is 0 Å². The number of pyridine rings is 1. The van der Waals surface area contributed by atoms with E-state index in [0.29, 0.717) is 24.4 Å². The molecular weight excluding hydrogens is 350 g/mol. The zero-order valence-electron chi connectivity index (χ0n) is 16.2. The third-order valence-electron chi connectivity index (χ3n) is 4.80. The number of carbonyl (C=O) groups is 1. The largest absolute Gasteiger partial charge is 0.346 e. The van der Waals surface area contributed by atoms with Crippen molar-refractivity contribution in [2.75, 3.05) is 6.54 Å². The normalized spacial score (nSPS) is 12.7. The van der Waals surface area contributed by atoms with Gasteiger partial charge >= 0.3 is 6.03 Å². The van der Waals surface area contributed by atoms with Gasteiger partial charge in [0.25, 0.3) is 0 Å². The van der Waals surface area contributed by atoms with Crippen LogP contribution < -0.4 is 5.32 Å². The molecule has 3 aromatic rings. The van der Waals surface area contributed by atoms with Gasteiger partial charge in [0.15, 0.2) is 0 Å². The molecule has 0 aliphatic carbocycles. The van der Waals surface area contributed by atoms with Crippen molar-refractivity contribution in [2.45, 2.75) is 26.7 Å². The zero-order valence-corrected chi connectivity index (χ0v) is 16.2. The number of hydrogen-bond donors (Lipinski definition) is 3. The molecule has 6 nitrogen and oxygen atoms in total. The third kappa shape index (κ3) is 4.91. The van der Waals surface area contributed by atoms with E-state index in [1.807, 2.05) is 55.6 Å². The second-order valence-electron chi connectivity index (χ2n) is 6.87. The number of amides is 2. The maximum atomic E-state index is 12.2. The standard InChI is InChI=1S/C22H25N5O/c1-15(23)20(13-18-14-26-21-19(18)9-6-11-24-21)16(2)27-22(28)25-12-10-17-7-4-3-5-8-17/h3-9,11,14,20,23H,10,12-13H2,1-2H3,(H,24,26)(H,25,28). The molecule has 0 aliphatic rings. The summed E-state index contributed by atoms with van der Waals surface area (Å²) in [6.07, 6.45) is 5.03. The summed E-state index contributed by atoms with van der Waals surface area (Å²) in [4.78, 5) is 23.8. The Bertz CT molecular complexity index is 990. The molecule has 0 bridgehead atoms. The second kappa shape index (κ2) is 9.08. The number of aliphatic imine (C=N–C) groups is 1. The van der Waals surface area contributed by atoms with Crippen LogP contribution >= 0.6 is 0 Å². The van der Waals surface area contributed by atoms with Crippen molar-refractivity contribution in [3.05, 3.63) is 66.0 Å². The molecule has 144 valence electrons. The van der Waals surface area contributed by atoms with Gasteiger partial charge in [0.1, 0.15) is 5.65 Å². The number of fused-ring (bicyclic) bond motifs is 1. The molecule has 0 saturated heterocycles. The average Bonchev–Trinajstić information content (AvgIpc) is 3.09. The Kier molecular flexibility index (Phi) is 6.32. The number of aromatic amines is 1. The first-order valence-electron chi connectivity index (χ1n) is 9.37. The highest BCUT2D eigenvalue weighted by Crippen LogP contribution is 2.20. The van der Waals surface area contributed by atoms with E-state index < -0.39 is 0 Å². The Morgan fingerprint density at radius 2 is 2.00 bits per heavy atom. The van der Waals surface area contributed by atoms with Crippen molar-refractivity contribution in [3.63, 3.8) is 0 Å². The maximum Gasteiger partial charge on any atom is 0.340 e. The predicted octanol–water partition coefficient (Wildman–Crippen LogP) is 4.17. The highest BCUT2D eigenvalue weighted by Gasteiger charge is 2.19. The molecular formula is C22H25N5O. The van der Waals surface area contributed by atoms with Crippen molar-refractivity contribution in [3.8, 4) is 0 Å². The number of rotatable bonds is 7. The van der Waals surface area contributed by atoms with Crippen LogP contribution in [0.4, 0.5) is 4.79 Å². The smallest absolute Gasteiger partial charge is 0.340 e. The summed E-state index contributed by atoms with van der Waals surface area (Å²) in [7, 11) is 0. The van der Waals surface area contributed by atoms with Crippen molar-refractivity contribution < 1.29 is 4.79 Å². The maximum absolute atomic E-state index is 12.2. The average molecular weight is 375 g/mol. The van der Waals surface area contributed by atoms with Crippen molar-refractivity contribution in [2.24, 2.45) is 10.9 Å². The number of urea groups is 1. The lowest BCUT2D eigenvalue weighted by Crippen LogP contribution is -2.27. The number of carbonyl (C=O) groups excluding carboxylic acids is 1. The molecule has 2 aromatic heterocycles. The fraction of sp³-hybridized carbons (Fsp3) is 0.273. The van der Waals surface area contributed by atoms with E-state index in [0.717, 1.165) is 23.0 Å². The predicted molar refractivity (Wildman–Crippen MR) is 113 cm³/mol. The quantitative estimate of drug-likeness (QED) is 0.541. The highest BCUT2D eigenvalue weighted by molar-refractivity contribution is 6.08. The SMILES string of the molecule is CC(=N)C(Cc1c[nH]c2ncccc12)C(C)=NC(=O)NCCc1ccccc1. The van der Waals surface area contributed by atoms with Gasteiger partial charge in [-0.2, -0.15) is 0 Å². The van der Waals surface area contributed by atoms with E-state index in [2.05, 4.69) is 20.3 Å². The zero-order chi connectivity index (χ0) is 19.9. The Labute approximate surface area is 164 Å². The van der Waals surface area contributed by atoms with Crippen molar-refractivity contribution >= 4 is 28.5 Å². The van der Waals surface area contributed by atoms with Gasteiger partial charge in [-0.15, -0.1) is 0 Å². The summed E-state index contributed by atoms with van der Waals surface area (Å²) < 4.78 is 0. The van der Waals surface area contributed by atoms with Crippen molar-refractivity contribution in [1.82, 2.24) is 15.3 Å². The van der Waals surface area contributed by atoms with E-state index in [-0.39, 0.29) is 11.9 Å². The summed E-state index contributed by atoms with van der Waals surface area (Å²) in [5, 5.41) is 12.0. The van der Waals surface area contributed by atoms with E-state index in [9.17, 15) is 4.79 Å². The fourth-order valence-corrected chi connectivity index (χ4v) is 3.25. The third-order valence-corrected chi connectivity index (χ3v) is 4.80. The molecule has 3 rings (SSSR count). The summed E-state index contributed by atoms with van der Waals surface area (Å²) >= 11 is 0. The van der Waals surface area contributed by atoms with E-state index >= 15 is 0 Å². The van der Waals surface area contributed by atoms with E-state index in [1.165, 1.54) is 5.56 Å². The van der Waals surface area contributed by atoms with Crippen LogP contribution in [0, 0.1) is 11.3 Å². The van der Waals surface area contributed by atoms with Gasteiger partial charge in [0.05, 0.1) is 0 Å². The Balaban J connectivity index is 1.64. The molecule has 1 unspecified atom stereocenters. The summed E-state index contributed by atoms with van der Waals surface area (Å²) in [6, 6.07) is 13.5. The molecule has 0 spiro atoms. The molecule has 6 heteroatoms. The number of nitrogens with one attached hydrogen (secondary N) is 3. The molecule has 0 fully saturated rings. The van der Waals surface area contributed by atoms with Gasteiger partial charge in [-0.1, -0.05) is 30.3 Å². The summed E-state index contributed by atoms with van der Waals surface area (Å²) in [6.45, 7) is 4.10. The van der Waals surface area contributed by atoms with E-state index in [1.54, 1.807) is 13.1 Å². The minimum Gasteiger partial charge on any atom is -0.346 e. The Hall–Kier alpha value is -3.28.